The summed E-state index contributed by atoms with van der Waals surface area (Å²) < 4.78 is 7.04. The quantitative estimate of drug-likeness (QED) is 0.847. The minimum atomic E-state index is 0.0534. The lowest BCUT2D eigenvalue weighted by molar-refractivity contribution is 0.375. The number of hydrogen-bond donors (Lipinski definition) is 1. The molecular weight excluding hydrogens is 204 g/mol. The van der Waals surface area contributed by atoms with Gasteiger partial charge in [0.25, 0.3) is 0 Å². The van der Waals surface area contributed by atoms with E-state index in [1.807, 2.05) is 36.9 Å². The van der Waals surface area contributed by atoms with Crippen molar-refractivity contribution in [2.45, 2.75) is 32.9 Å². The molecule has 0 saturated heterocycles. The lowest BCUT2D eigenvalue weighted by Crippen LogP contribution is -2.04. The van der Waals surface area contributed by atoms with E-state index in [1.165, 1.54) is 0 Å². The highest BCUT2D eigenvalue weighted by Gasteiger charge is 2.06. The van der Waals surface area contributed by atoms with Gasteiger partial charge in [0, 0.05) is 24.9 Å². The maximum absolute atomic E-state index is 5.78. The molecule has 2 N–H and O–H groups in total. The molecule has 0 saturated carbocycles. The molecule has 86 valence electrons. The van der Waals surface area contributed by atoms with Crippen LogP contribution < -0.4 is 5.73 Å². The zero-order chi connectivity index (χ0) is 11.5. The molecule has 0 aliphatic heterocycles. The summed E-state index contributed by atoms with van der Waals surface area (Å²) in [5.41, 5.74) is 6.89. The number of nitrogens with zero attached hydrogens (tertiary/aromatic N) is 3. The van der Waals surface area contributed by atoms with Crippen LogP contribution in [0.1, 0.15) is 37.2 Å². The fraction of sp³-hybridized carbons (Fsp3) is 0.455. The van der Waals surface area contributed by atoms with Crippen molar-refractivity contribution in [3.8, 4) is 0 Å². The van der Waals surface area contributed by atoms with Gasteiger partial charge >= 0.3 is 0 Å². The SMILES string of the molecule is CCc1nc(Cn2ccc(C(C)N)c2)no1. The second kappa shape index (κ2) is 4.49. The number of rotatable bonds is 4. The van der Waals surface area contributed by atoms with Crippen LogP contribution in [0.4, 0.5) is 0 Å². The van der Waals surface area contributed by atoms with Crippen LogP contribution in [0.3, 0.4) is 0 Å². The van der Waals surface area contributed by atoms with Crippen molar-refractivity contribution in [3.63, 3.8) is 0 Å². The Hall–Kier alpha value is -1.62. The molecule has 2 rings (SSSR count). The second-order valence-electron chi connectivity index (χ2n) is 3.86. The Balaban J connectivity index is 2.08. The van der Waals surface area contributed by atoms with Crippen molar-refractivity contribution in [2.75, 3.05) is 0 Å². The summed E-state index contributed by atoms with van der Waals surface area (Å²) >= 11 is 0. The van der Waals surface area contributed by atoms with Crippen molar-refractivity contribution in [1.29, 1.82) is 0 Å². The van der Waals surface area contributed by atoms with Gasteiger partial charge in [-0.1, -0.05) is 12.1 Å². The van der Waals surface area contributed by atoms with Gasteiger partial charge in [0.1, 0.15) is 0 Å². The van der Waals surface area contributed by atoms with Crippen molar-refractivity contribution < 1.29 is 4.52 Å². The van der Waals surface area contributed by atoms with Crippen LogP contribution in [-0.4, -0.2) is 14.7 Å². The van der Waals surface area contributed by atoms with E-state index in [9.17, 15) is 0 Å². The molecule has 0 fully saturated rings. The van der Waals surface area contributed by atoms with Gasteiger partial charge in [-0.3, -0.25) is 0 Å². The summed E-state index contributed by atoms with van der Waals surface area (Å²) in [6.07, 6.45) is 4.75. The van der Waals surface area contributed by atoms with Gasteiger partial charge in [0.2, 0.25) is 5.89 Å². The predicted octanol–water partition coefficient (Wildman–Crippen LogP) is 1.50. The minimum absolute atomic E-state index is 0.0534. The van der Waals surface area contributed by atoms with Gasteiger partial charge in [-0.05, 0) is 18.6 Å². The first-order valence-corrected chi connectivity index (χ1v) is 5.41. The topological polar surface area (TPSA) is 69.9 Å². The Kier molecular flexibility index (Phi) is 3.05. The van der Waals surface area contributed by atoms with E-state index in [4.69, 9.17) is 10.3 Å². The second-order valence-corrected chi connectivity index (χ2v) is 3.86. The Morgan fingerprint density at radius 2 is 2.38 bits per heavy atom. The van der Waals surface area contributed by atoms with Gasteiger partial charge in [0.15, 0.2) is 5.82 Å². The summed E-state index contributed by atoms with van der Waals surface area (Å²) in [5, 5.41) is 3.90. The molecule has 0 bridgehead atoms. The summed E-state index contributed by atoms with van der Waals surface area (Å²) in [4.78, 5) is 4.25. The molecule has 1 unspecified atom stereocenters. The molecule has 1 atom stereocenters. The van der Waals surface area contributed by atoms with Gasteiger partial charge in [-0.2, -0.15) is 4.98 Å². The van der Waals surface area contributed by atoms with Crippen LogP contribution in [-0.2, 0) is 13.0 Å². The molecule has 0 radical (unpaired) electrons. The van der Waals surface area contributed by atoms with E-state index in [-0.39, 0.29) is 6.04 Å². The van der Waals surface area contributed by atoms with Gasteiger partial charge in [0.05, 0.1) is 6.54 Å². The van der Waals surface area contributed by atoms with Crippen LogP contribution in [0, 0.1) is 0 Å². The van der Waals surface area contributed by atoms with Crippen LogP contribution in [0.15, 0.2) is 23.0 Å². The Bertz CT molecular complexity index is 458. The summed E-state index contributed by atoms with van der Waals surface area (Å²) in [6.45, 7) is 4.57. The fourth-order valence-corrected chi connectivity index (χ4v) is 1.49. The first-order valence-electron chi connectivity index (χ1n) is 5.41. The molecule has 2 aromatic heterocycles. The standard InChI is InChI=1S/C11H16N4O/c1-3-11-13-10(14-16-11)7-15-5-4-9(6-15)8(2)12/h4-6,8H,3,7,12H2,1-2H3. The third-order valence-electron chi connectivity index (χ3n) is 2.44. The fourth-order valence-electron chi connectivity index (χ4n) is 1.49. The smallest absolute Gasteiger partial charge is 0.226 e. The molecule has 0 amide bonds. The molecule has 16 heavy (non-hydrogen) atoms. The number of hydrogen-bond acceptors (Lipinski definition) is 4. The molecule has 2 aromatic rings. The predicted molar refractivity (Wildman–Crippen MR) is 59.8 cm³/mol. The minimum Gasteiger partial charge on any atom is -0.346 e. The maximum Gasteiger partial charge on any atom is 0.226 e. The largest absolute Gasteiger partial charge is 0.346 e. The zero-order valence-electron chi connectivity index (χ0n) is 9.55. The molecule has 5 heteroatoms. The van der Waals surface area contributed by atoms with E-state index in [1.54, 1.807) is 0 Å². The molecule has 0 aromatic carbocycles. The summed E-state index contributed by atoms with van der Waals surface area (Å²) in [6, 6.07) is 2.06. The highest BCUT2D eigenvalue weighted by Crippen LogP contribution is 2.10. The van der Waals surface area contributed by atoms with Crippen molar-refractivity contribution in [2.24, 2.45) is 5.73 Å². The average Bonchev–Trinajstić information content (AvgIpc) is 2.87. The first kappa shape index (κ1) is 10.9. The van der Waals surface area contributed by atoms with Crippen LogP contribution >= 0.6 is 0 Å². The monoisotopic (exact) mass is 220 g/mol. The molecule has 0 spiro atoms. The highest BCUT2D eigenvalue weighted by molar-refractivity contribution is 5.14. The lowest BCUT2D eigenvalue weighted by Gasteiger charge is -2.00. The third kappa shape index (κ3) is 2.30. The summed E-state index contributed by atoms with van der Waals surface area (Å²) in [5.74, 6) is 1.37. The highest BCUT2D eigenvalue weighted by atomic mass is 16.5. The molecule has 5 nitrogen and oxygen atoms in total. The first-order chi connectivity index (χ1) is 7.69. The molecule has 0 aliphatic carbocycles. The van der Waals surface area contributed by atoms with E-state index >= 15 is 0 Å². The number of nitrogens with two attached hydrogens (primary N) is 1. The zero-order valence-corrected chi connectivity index (χ0v) is 9.55. The van der Waals surface area contributed by atoms with Crippen molar-refractivity contribution in [3.05, 3.63) is 35.7 Å². The molecule has 0 aliphatic rings. The Morgan fingerprint density at radius 3 is 2.94 bits per heavy atom. The van der Waals surface area contributed by atoms with E-state index in [0.717, 1.165) is 12.0 Å². The Morgan fingerprint density at radius 1 is 1.56 bits per heavy atom. The molecule has 2 heterocycles. The lowest BCUT2D eigenvalue weighted by atomic mass is 10.2. The summed E-state index contributed by atoms with van der Waals surface area (Å²) in [7, 11) is 0. The van der Waals surface area contributed by atoms with Crippen LogP contribution in [0.25, 0.3) is 0 Å². The number of aryl methyl sites for hydroxylation is 1. The van der Waals surface area contributed by atoms with Gasteiger partial charge in [-0.15, -0.1) is 0 Å². The van der Waals surface area contributed by atoms with E-state index in [2.05, 4.69) is 10.1 Å². The van der Waals surface area contributed by atoms with E-state index < -0.39 is 0 Å². The average molecular weight is 220 g/mol. The van der Waals surface area contributed by atoms with Crippen molar-refractivity contribution >= 4 is 0 Å². The van der Waals surface area contributed by atoms with Crippen molar-refractivity contribution in [1.82, 2.24) is 14.7 Å². The number of aromatic nitrogens is 3. The Labute approximate surface area is 94.3 Å². The third-order valence-corrected chi connectivity index (χ3v) is 2.44. The molecular formula is C11H16N4O. The normalized spacial score (nSPS) is 12.9. The van der Waals surface area contributed by atoms with Gasteiger partial charge in [-0.25, -0.2) is 0 Å². The maximum atomic E-state index is 5.78. The van der Waals surface area contributed by atoms with E-state index in [0.29, 0.717) is 18.3 Å². The van der Waals surface area contributed by atoms with Crippen LogP contribution in [0.5, 0.6) is 0 Å². The van der Waals surface area contributed by atoms with Gasteiger partial charge < -0.3 is 14.8 Å². The van der Waals surface area contributed by atoms with Crippen LogP contribution in [0.2, 0.25) is 0 Å².